The number of hydrogen-bond donors (Lipinski definition) is 2. The summed E-state index contributed by atoms with van der Waals surface area (Å²) < 4.78 is 0. The van der Waals surface area contributed by atoms with Crippen molar-refractivity contribution in [3.63, 3.8) is 0 Å². The number of nitrogens with zero attached hydrogens (tertiary/aromatic N) is 1. The Hall–Kier alpha value is -1.55. The first kappa shape index (κ1) is 14.9. The van der Waals surface area contributed by atoms with Gasteiger partial charge in [0, 0.05) is 31.4 Å². The Morgan fingerprint density at radius 3 is 2.45 bits per heavy atom. The minimum Gasteiger partial charge on any atom is -0.388 e. The summed E-state index contributed by atoms with van der Waals surface area (Å²) in [4.78, 5) is 14.2. The number of rotatable bonds is 5. The van der Waals surface area contributed by atoms with Crippen LogP contribution in [-0.2, 0) is 0 Å². The number of anilines is 1. The summed E-state index contributed by atoms with van der Waals surface area (Å²) in [6, 6.07) is 7.55. The molecule has 0 unspecified atom stereocenters. The molecule has 1 aliphatic rings. The Morgan fingerprint density at radius 1 is 1.30 bits per heavy atom. The zero-order valence-corrected chi connectivity index (χ0v) is 12.4. The van der Waals surface area contributed by atoms with Crippen molar-refractivity contribution < 1.29 is 9.90 Å². The number of aliphatic hydroxyl groups is 1. The van der Waals surface area contributed by atoms with Gasteiger partial charge in [-0.25, -0.2) is 0 Å². The van der Waals surface area contributed by atoms with Gasteiger partial charge in [-0.1, -0.05) is 12.8 Å². The molecule has 20 heavy (non-hydrogen) atoms. The first-order valence-electron chi connectivity index (χ1n) is 7.36. The van der Waals surface area contributed by atoms with Crippen LogP contribution in [0.3, 0.4) is 0 Å². The third-order valence-electron chi connectivity index (χ3n) is 4.16. The molecule has 0 heterocycles. The van der Waals surface area contributed by atoms with E-state index >= 15 is 0 Å². The van der Waals surface area contributed by atoms with Crippen LogP contribution in [-0.4, -0.2) is 36.8 Å². The Bertz CT molecular complexity index is 450. The zero-order chi connectivity index (χ0) is 14.6. The maximum atomic E-state index is 12.1. The molecule has 4 heteroatoms. The second-order valence-electron chi connectivity index (χ2n) is 5.68. The third kappa shape index (κ3) is 3.51. The van der Waals surface area contributed by atoms with Crippen molar-refractivity contribution in [3.8, 4) is 0 Å². The third-order valence-corrected chi connectivity index (χ3v) is 4.16. The largest absolute Gasteiger partial charge is 0.388 e. The predicted molar refractivity (Wildman–Crippen MR) is 81.1 cm³/mol. The summed E-state index contributed by atoms with van der Waals surface area (Å²) in [5.41, 5.74) is 1.04. The van der Waals surface area contributed by atoms with Crippen molar-refractivity contribution in [1.29, 1.82) is 0 Å². The van der Waals surface area contributed by atoms with Crippen LogP contribution in [0.4, 0.5) is 5.69 Å². The highest BCUT2D eigenvalue weighted by Crippen LogP contribution is 2.28. The summed E-state index contributed by atoms with van der Waals surface area (Å²) in [5.74, 6) is -0.115. The van der Waals surface area contributed by atoms with E-state index in [9.17, 15) is 9.90 Å². The molecule has 0 atom stereocenters. The first-order chi connectivity index (χ1) is 9.54. The standard InChI is InChI=1S/C16H24N2O2/c1-3-18(2)14-8-6-13(7-9-14)15(19)17-12-16(20)10-4-5-11-16/h6-9,20H,3-5,10-12H2,1-2H3,(H,17,19). The van der Waals surface area contributed by atoms with Crippen LogP contribution in [0.2, 0.25) is 0 Å². The topological polar surface area (TPSA) is 52.6 Å². The molecule has 1 amide bonds. The SMILES string of the molecule is CCN(C)c1ccc(C(=O)NCC2(O)CCCC2)cc1. The molecular formula is C16H24N2O2. The second-order valence-corrected chi connectivity index (χ2v) is 5.68. The average Bonchev–Trinajstić information content (AvgIpc) is 2.91. The lowest BCUT2D eigenvalue weighted by atomic mass is 10.0. The predicted octanol–water partition coefficient (Wildman–Crippen LogP) is 2.18. The van der Waals surface area contributed by atoms with Gasteiger partial charge in [0.15, 0.2) is 0 Å². The van der Waals surface area contributed by atoms with Crippen LogP contribution < -0.4 is 10.2 Å². The Kier molecular flexibility index (Phi) is 4.65. The maximum absolute atomic E-state index is 12.1. The number of nitrogens with one attached hydrogen (secondary N) is 1. The molecule has 0 aromatic heterocycles. The van der Waals surface area contributed by atoms with Crippen molar-refractivity contribution >= 4 is 11.6 Å². The fraction of sp³-hybridized carbons (Fsp3) is 0.562. The number of amides is 1. The summed E-state index contributed by atoms with van der Waals surface area (Å²) in [5, 5.41) is 13.1. The second kappa shape index (κ2) is 6.27. The molecule has 1 aromatic carbocycles. The fourth-order valence-electron chi connectivity index (χ4n) is 2.61. The van der Waals surface area contributed by atoms with Crippen LogP contribution in [0.15, 0.2) is 24.3 Å². The molecule has 4 nitrogen and oxygen atoms in total. The van der Waals surface area contributed by atoms with Crippen molar-refractivity contribution in [2.45, 2.75) is 38.2 Å². The number of hydrogen-bond acceptors (Lipinski definition) is 3. The monoisotopic (exact) mass is 276 g/mol. The zero-order valence-electron chi connectivity index (χ0n) is 12.4. The molecule has 1 aromatic rings. The lowest BCUT2D eigenvalue weighted by molar-refractivity contribution is 0.0449. The van der Waals surface area contributed by atoms with Gasteiger partial charge in [-0.05, 0) is 44.0 Å². The molecule has 0 spiro atoms. The summed E-state index contributed by atoms with van der Waals surface area (Å²) in [6.07, 6.45) is 3.66. The first-order valence-corrected chi connectivity index (χ1v) is 7.36. The van der Waals surface area contributed by atoms with Crippen LogP contribution in [0.25, 0.3) is 0 Å². The van der Waals surface area contributed by atoms with Crippen LogP contribution in [0.1, 0.15) is 43.0 Å². The summed E-state index contributed by atoms with van der Waals surface area (Å²) >= 11 is 0. The highest BCUT2D eigenvalue weighted by Gasteiger charge is 2.31. The lowest BCUT2D eigenvalue weighted by Crippen LogP contribution is -2.40. The molecule has 110 valence electrons. The van der Waals surface area contributed by atoms with Crippen molar-refractivity contribution in [3.05, 3.63) is 29.8 Å². The average molecular weight is 276 g/mol. The Morgan fingerprint density at radius 2 is 1.90 bits per heavy atom. The van der Waals surface area contributed by atoms with Crippen LogP contribution in [0, 0.1) is 0 Å². The van der Waals surface area contributed by atoms with Gasteiger partial charge in [0.2, 0.25) is 0 Å². The number of carbonyl (C=O) groups excluding carboxylic acids is 1. The van der Waals surface area contributed by atoms with E-state index in [0.29, 0.717) is 12.1 Å². The van der Waals surface area contributed by atoms with E-state index in [1.807, 2.05) is 31.3 Å². The lowest BCUT2D eigenvalue weighted by Gasteiger charge is -2.22. The quantitative estimate of drug-likeness (QED) is 0.866. The minimum absolute atomic E-state index is 0.115. The molecule has 2 N–H and O–H groups in total. The van der Waals surface area contributed by atoms with Crippen molar-refractivity contribution in [1.82, 2.24) is 5.32 Å². The molecule has 2 rings (SSSR count). The Balaban J connectivity index is 1.92. The van der Waals surface area contributed by atoms with E-state index in [0.717, 1.165) is 37.9 Å². The van der Waals surface area contributed by atoms with Gasteiger partial charge >= 0.3 is 0 Å². The van der Waals surface area contributed by atoms with E-state index in [-0.39, 0.29) is 5.91 Å². The Labute approximate surface area is 120 Å². The van der Waals surface area contributed by atoms with E-state index < -0.39 is 5.60 Å². The van der Waals surface area contributed by atoms with Gasteiger partial charge in [0.25, 0.3) is 5.91 Å². The molecule has 1 saturated carbocycles. The van der Waals surface area contributed by atoms with E-state index in [1.165, 1.54) is 0 Å². The molecule has 1 aliphatic carbocycles. The van der Waals surface area contributed by atoms with E-state index in [2.05, 4.69) is 17.1 Å². The van der Waals surface area contributed by atoms with Crippen LogP contribution >= 0.6 is 0 Å². The number of benzene rings is 1. The van der Waals surface area contributed by atoms with Gasteiger partial charge in [-0.2, -0.15) is 0 Å². The molecule has 0 bridgehead atoms. The fourth-order valence-corrected chi connectivity index (χ4v) is 2.61. The summed E-state index contributed by atoms with van der Waals surface area (Å²) in [7, 11) is 2.02. The highest BCUT2D eigenvalue weighted by molar-refractivity contribution is 5.94. The van der Waals surface area contributed by atoms with Gasteiger partial charge in [-0.15, -0.1) is 0 Å². The molecule has 0 radical (unpaired) electrons. The molecule has 0 aliphatic heterocycles. The van der Waals surface area contributed by atoms with Gasteiger partial charge in [0.05, 0.1) is 5.60 Å². The smallest absolute Gasteiger partial charge is 0.251 e. The van der Waals surface area contributed by atoms with Crippen LogP contribution in [0.5, 0.6) is 0 Å². The summed E-state index contributed by atoms with van der Waals surface area (Å²) in [6.45, 7) is 3.37. The van der Waals surface area contributed by atoms with Gasteiger partial charge < -0.3 is 15.3 Å². The maximum Gasteiger partial charge on any atom is 0.251 e. The van der Waals surface area contributed by atoms with E-state index in [1.54, 1.807) is 0 Å². The van der Waals surface area contributed by atoms with Gasteiger partial charge in [0.1, 0.15) is 0 Å². The van der Waals surface area contributed by atoms with E-state index in [4.69, 9.17) is 0 Å². The molecular weight excluding hydrogens is 252 g/mol. The highest BCUT2D eigenvalue weighted by atomic mass is 16.3. The molecule has 1 fully saturated rings. The normalized spacial score (nSPS) is 16.9. The van der Waals surface area contributed by atoms with Gasteiger partial charge in [-0.3, -0.25) is 4.79 Å². The van der Waals surface area contributed by atoms with Crippen molar-refractivity contribution in [2.24, 2.45) is 0 Å². The number of carbonyl (C=O) groups is 1. The minimum atomic E-state index is -0.696. The van der Waals surface area contributed by atoms with Crippen molar-refractivity contribution in [2.75, 3.05) is 25.0 Å². The molecule has 0 saturated heterocycles.